The second kappa shape index (κ2) is 8.06. The smallest absolute Gasteiger partial charge is 0.287 e. The summed E-state index contributed by atoms with van der Waals surface area (Å²) < 4.78 is 0. The molecular formula is C15H25NO2. The largest absolute Gasteiger partial charge is 0.346 e. The van der Waals surface area contributed by atoms with Crippen molar-refractivity contribution in [3.05, 3.63) is 11.6 Å². The van der Waals surface area contributed by atoms with Gasteiger partial charge in [-0.3, -0.25) is 9.59 Å². The fraction of sp³-hybridized carbons (Fsp3) is 0.733. The SMILES string of the molecule is CCCCCC1C/C(C)=C\CCCC(=O)C(=O)N1. The third-order valence-electron chi connectivity index (χ3n) is 3.41. The van der Waals surface area contributed by atoms with Crippen LogP contribution >= 0.6 is 0 Å². The minimum atomic E-state index is -0.383. The van der Waals surface area contributed by atoms with Gasteiger partial charge in [0, 0.05) is 12.5 Å². The Labute approximate surface area is 110 Å². The molecule has 102 valence electrons. The second-order valence-corrected chi connectivity index (χ2v) is 5.24. The maximum absolute atomic E-state index is 11.7. The molecule has 1 unspecified atom stereocenters. The molecule has 18 heavy (non-hydrogen) atoms. The van der Waals surface area contributed by atoms with Gasteiger partial charge >= 0.3 is 0 Å². The fourth-order valence-electron chi connectivity index (χ4n) is 2.33. The zero-order valence-corrected chi connectivity index (χ0v) is 11.6. The van der Waals surface area contributed by atoms with Crippen molar-refractivity contribution in [2.45, 2.75) is 71.3 Å². The van der Waals surface area contributed by atoms with Crippen molar-refractivity contribution >= 4 is 11.7 Å². The van der Waals surface area contributed by atoms with Crippen LogP contribution < -0.4 is 5.32 Å². The summed E-state index contributed by atoms with van der Waals surface area (Å²) in [6, 6.07) is 0.127. The normalized spacial score (nSPS) is 25.2. The number of allylic oxidation sites excluding steroid dienone is 1. The summed E-state index contributed by atoms with van der Waals surface area (Å²) in [6.07, 6.45) is 9.59. The maximum atomic E-state index is 11.7. The topological polar surface area (TPSA) is 46.2 Å². The molecule has 0 saturated carbocycles. The average Bonchev–Trinajstić information content (AvgIpc) is 2.33. The lowest BCUT2D eigenvalue weighted by molar-refractivity contribution is -0.138. The Kier molecular flexibility index (Phi) is 6.69. The highest BCUT2D eigenvalue weighted by Crippen LogP contribution is 2.15. The summed E-state index contributed by atoms with van der Waals surface area (Å²) in [5, 5.41) is 2.90. The summed E-state index contributed by atoms with van der Waals surface area (Å²) in [4.78, 5) is 23.3. The zero-order chi connectivity index (χ0) is 13.4. The molecule has 3 nitrogen and oxygen atoms in total. The minimum Gasteiger partial charge on any atom is -0.346 e. The van der Waals surface area contributed by atoms with Crippen molar-refractivity contribution in [3.63, 3.8) is 0 Å². The van der Waals surface area contributed by atoms with Gasteiger partial charge in [0.1, 0.15) is 0 Å². The van der Waals surface area contributed by atoms with Crippen molar-refractivity contribution in [1.29, 1.82) is 0 Å². The van der Waals surface area contributed by atoms with Gasteiger partial charge in [-0.05, 0) is 32.6 Å². The Morgan fingerprint density at radius 3 is 2.83 bits per heavy atom. The van der Waals surface area contributed by atoms with E-state index in [0.717, 1.165) is 32.1 Å². The number of carbonyl (C=O) groups is 2. The third-order valence-corrected chi connectivity index (χ3v) is 3.41. The molecule has 1 heterocycles. The molecule has 1 aliphatic heterocycles. The molecule has 0 aromatic carbocycles. The molecule has 1 N–H and O–H groups in total. The summed E-state index contributed by atoms with van der Waals surface area (Å²) in [5.41, 5.74) is 1.33. The Morgan fingerprint density at radius 1 is 1.33 bits per heavy atom. The molecular weight excluding hydrogens is 226 g/mol. The highest BCUT2D eigenvalue weighted by atomic mass is 16.2. The van der Waals surface area contributed by atoms with E-state index in [2.05, 4.69) is 25.2 Å². The number of hydrogen-bond donors (Lipinski definition) is 1. The van der Waals surface area contributed by atoms with Crippen molar-refractivity contribution < 1.29 is 9.59 Å². The van der Waals surface area contributed by atoms with Gasteiger partial charge in [-0.2, -0.15) is 0 Å². The first-order chi connectivity index (χ1) is 8.63. The van der Waals surface area contributed by atoms with Crippen LogP contribution in [0.2, 0.25) is 0 Å². The molecule has 0 bridgehead atoms. The Morgan fingerprint density at radius 2 is 2.11 bits per heavy atom. The van der Waals surface area contributed by atoms with E-state index in [0.29, 0.717) is 6.42 Å². The Balaban J connectivity index is 2.61. The molecule has 0 radical (unpaired) electrons. The Hall–Kier alpha value is -1.12. The lowest BCUT2D eigenvalue weighted by atomic mass is 9.98. The molecule has 1 atom stereocenters. The lowest BCUT2D eigenvalue weighted by Crippen LogP contribution is -2.39. The summed E-state index contributed by atoms with van der Waals surface area (Å²) in [6.45, 7) is 4.28. The third kappa shape index (κ3) is 5.48. The van der Waals surface area contributed by atoms with Gasteiger partial charge < -0.3 is 5.32 Å². The van der Waals surface area contributed by atoms with Crippen molar-refractivity contribution in [3.8, 4) is 0 Å². The quantitative estimate of drug-likeness (QED) is 0.474. The molecule has 1 rings (SSSR count). The van der Waals surface area contributed by atoms with Crippen LogP contribution in [0.25, 0.3) is 0 Å². The van der Waals surface area contributed by atoms with Gasteiger partial charge in [0.2, 0.25) is 5.78 Å². The van der Waals surface area contributed by atoms with Crippen LogP contribution in [0.5, 0.6) is 0 Å². The first kappa shape index (κ1) is 14.9. The molecule has 1 amide bonds. The van der Waals surface area contributed by atoms with Gasteiger partial charge in [0.25, 0.3) is 5.91 Å². The van der Waals surface area contributed by atoms with E-state index >= 15 is 0 Å². The molecule has 0 aliphatic carbocycles. The molecule has 3 heteroatoms. The van der Waals surface area contributed by atoms with E-state index in [1.165, 1.54) is 18.4 Å². The number of Topliss-reactive ketones (excluding diaryl/α,β-unsaturated/α-hetero) is 1. The summed E-state index contributed by atoms with van der Waals surface area (Å²) in [5.74, 6) is -0.644. The van der Waals surface area contributed by atoms with Crippen LogP contribution in [-0.4, -0.2) is 17.7 Å². The highest BCUT2D eigenvalue weighted by Gasteiger charge is 2.19. The highest BCUT2D eigenvalue weighted by molar-refractivity contribution is 6.36. The zero-order valence-electron chi connectivity index (χ0n) is 11.6. The molecule has 0 spiro atoms. The molecule has 1 aliphatic rings. The standard InChI is InChI=1S/C15H25NO2/c1-3-4-5-9-13-11-12(2)8-6-7-10-14(17)15(18)16-13/h8,13H,3-7,9-11H2,1-2H3,(H,16,18)/b12-8-. The monoisotopic (exact) mass is 251 g/mol. The van der Waals surface area contributed by atoms with Crippen molar-refractivity contribution in [2.24, 2.45) is 0 Å². The van der Waals surface area contributed by atoms with E-state index in [4.69, 9.17) is 0 Å². The molecule has 0 aromatic heterocycles. The summed E-state index contributed by atoms with van der Waals surface area (Å²) >= 11 is 0. The van der Waals surface area contributed by atoms with Crippen LogP contribution in [0.15, 0.2) is 11.6 Å². The predicted octanol–water partition coefficient (Wildman–Crippen LogP) is 3.14. The predicted molar refractivity (Wildman–Crippen MR) is 73.3 cm³/mol. The first-order valence-electron chi connectivity index (χ1n) is 7.12. The van der Waals surface area contributed by atoms with Gasteiger partial charge in [-0.25, -0.2) is 0 Å². The number of rotatable bonds is 4. The van der Waals surface area contributed by atoms with Gasteiger partial charge in [0.15, 0.2) is 0 Å². The maximum Gasteiger partial charge on any atom is 0.287 e. The van der Waals surface area contributed by atoms with E-state index in [-0.39, 0.29) is 17.7 Å². The molecule has 0 saturated heterocycles. The molecule has 0 aromatic rings. The lowest BCUT2D eigenvalue weighted by Gasteiger charge is -2.19. The number of nitrogens with one attached hydrogen (secondary N) is 1. The van der Waals surface area contributed by atoms with Crippen LogP contribution in [0.4, 0.5) is 0 Å². The number of carbonyl (C=O) groups excluding carboxylic acids is 2. The van der Waals surface area contributed by atoms with Gasteiger partial charge in [-0.1, -0.05) is 37.8 Å². The van der Waals surface area contributed by atoms with E-state index in [1.54, 1.807) is 0 Å². The number of amides is 1. The fourth-order valence-corrected chi connectivity index (χ4v) is 2.33. The van der Waals surface area contributed by atoms with Crippen LogP contribution in [0.3, 0.4) is 0 Å². The van der Waals surface area contributed by atoms with E-state index < -0.39 is 0 Å². The number of unbranched alkanes of at least 4 members (excludes halogenated alkanes) is 2. The average molecular weight is 251 g/mol. The minimum absolute atomic E-state index is 0.127. The van der Waals surface area contributed by atoms with Gasteiger partial charge in [-0.15, -0.1) is 0 Å². The number of ketones is 1. The van der Waals surface area contributed by atoms with E-state index in [1.807, 2.05) is 0 Å². The van der Waals surface area contributed by atoms with Crippen LogP contribution in [0.1, 0.15) is 65.2 Å². The molecule has 0 fully saturated rings. The number of hydrogen-bond acceptors (Lipinski definition) is 2. The van der Waals surface area contributed by atoms with Crippen molar-refractivity contribution in [1.82, 2.24) is 5.32 Å². The van der Waals surface area contributed by atoms with Crippen molar-refractivity contribution in [2.75, 3.05) is 0 Å². The van der Waals surface area contributed by atoms with Crippen LogP contribution in [-0.2, 0) is 9.59 Å². The van der Waals surface area contributed by atoms with Gasteiger partial charge in [0.05, 0.1) is 0 Å². The summed E-state index contributed by atoms with van der Waals surface area (Å²) in [7, 11) is 0. The second-order valence-electron chi connectivity index (χ2n) is 5.24. The van der Waals surface area contributed by atoms with Crippen LogP contribution in [0, 0.1) is 0 Å². The first-order valence-corrected chi connectivity index (χ1v) is 7.12. The Bertz CT molecular complexity index is 320. The van der Waals surface area contributed by atoms with E-state index in [9.17, 15) is 9.59 Å².